The summed E-state index contributed by atoms with van der Waals surface area (Å²) in [7, 11) is 3.13. The fraction of sp³-hybridized carbons (Fsp3) is 0.107. The average Bonchev–Trinajstić information content (AvgIpc) is 3.65. The van der Waals surface area contributed by atoms with Gasteiger partial charge in [0.15, 0.2) is 5.76 Å². The summed E-state index contributed by atoms with van der Waals surface area (Å²) in [4.78, 5) is 17.8. The molecular weight excluding hydrogens is 523 g/mol. The fourth-order valence-electron chi connectivity index (χ4n) is 4.06. The predicted octanol–water partition coefficient (Wildman–Crippen LogP) is 6.19. The Kier molecular flexibility index (Phi) is 6.33. The molecule has 1 amide bonds. The topological polar surface area (TPSA) is 100 Å². The number of ether oxygens (including phenoxy) is 3. The number of amides is 1. The number of aromatic nitrogens is 3. The number of carbonyl (C=O) groups excluding carboxylic acids is 1. The first-order chi connectivity index (χ1) is 19.0. The maximum atomic E-state index is 13.5. The molecule has 0 radical (unpaired) electrons. The molecule has 0 spiro atoms. The van der Waals surface area contributed by atoms with Gasteiger partial charge in [-0.25, -0.2) is 13.9 Å². The zero-order valence-corrected chi connectivity index (χ0v) is 21.6. The molecule has 0 aliphatic heterocycles. The van der Waals surface area contributed by atoms with Crippen LogP contribution in [0, 0.1) is 5.82 Å². The number of nitrogens with one attached hydrogen (secondary N) is 1. The van der Waals surface area contributed by atoms with Gasteiger partial charge in [0.05, 0.1) is 25.8 Å². The molecule has 11 heteroatoms. The molecule has 3 heterocycles. The lowest BCUT2D eigenvalue weighted by Gasteiger charge is -2.11. The number of imidazole rings is 1. The van der Waals surface area contributed by atoms with E-state index >= 15 is 0 Å². The van der Waals surface area contributed by atoms with Crippen LogP contribution in [0.2, 0.25) is 0 Å². The van der Waals surface area contributed by atoms with Gasteiger partial charge in [-0.1, -0.05) is 18.2 Å². The molecule has 3 aromatic heterocycles. The lowest BCUT2D eigenvalue weighted by molar-refractivity contribution is 0.102. The van der Waals surface area contributed by atoms with Gasteiger partial charge in [0.1, 0.15) is 35.2 Å². The Bertz CT molecular complexity index is 1790. The molecule has 3 aromatic carbocycles. The number of benzene rings is 3. The van der Waals surface area contributed by atoms with E-state index in [0.717, 1.165) is 10.9 Å². The normalized spacial score (nSPS) is 11.2. The quantitative estimate of drug-likeness (QED) is 0.244. The van der Waals surface area contributed by atoms with Crippen LogP contribution in [0.4, 0.5) is 10.1 Å². The summed E-state index contributed by atoms with van der Waals surface area (Å²) in [6.07, 6.45) is 1.77. The van der Waals surface area contributed by atoms with Crippen LogP contribution >= 0.6 is 11.3 Å². The van der Waals surface area contributed by atoms with Crippen LogP contribution in [0.3, 0.4) is 0 Å². The van der Waals surface area contributed by atoms with Crippen molar-refractivity contribution in [2.24, 2.45) is 0 Å². The second-order valence-corrected chi connectivity index (χ2v) is 9.45. The molecule has 0 aliphatic carbocycles. The first-order valence-electron chi connectivity index (χ1n) is 11.8. The number of methoxy groups -OCH3 is 2. The van der Waals surface area contributed by atoms with Crippen LogP contribution < -0.4 is 19.5 Å². The fourth-order valence-corrected chi connectivity index (χ4v) is 4.76. The van der Waals surface area contributed by atoms with Crippen molar-refractivity contribution in [3.63, 3.8) is 0 Å². The van der Waals surface area contributed by atoms with Crippen molar-refractivity contribution in [1.29, 1.82) is 0 Å². The van der Waals surface area contributed by atoms with Gasteiger partial charge in [-0.15, -0.1) is 5.10 Å². The van der Waals surface area contributed by atoms with E-state index in [1.807, 2.05) is 18.2 Å². The highest BCUT2D eigenvalue weighted by Gasteiger charge is 2.17. The SMILES string of the molecule is COc1cc(OCc2cccc(NC(=O)c3cccc(F)c3)c2)c2cc(-c3cn4nc(OC)sc4n3)oc2c1. The third-order valence-corrected chi connectivity index (χ3v) is 6.81. The van der Waals surface area contributed by atoms with Gasteiger partial charge < -0.3 is 23.9 Å². The lowest BCUT2D eigenvalue weighted by Crippen LogP contribution is -2.12. The Hall–Kier alpha value is -4.90. The van der Waals surface area contributed by atoms with E-state index in [4.69, 9.17) is 18.6 Å². The molecule has 39 heavy (non-hydrogen) atoms. The molecule has 0 saturated heterocycles. The molecular formula is C28H21FN4O5S. The number of nitrogens with zero attached hydrogens (tertiary/aromatic N) is 3. The third-order valence-electron chi connectivity index (χ3n) is 5.93. The summed E-state index contributed by atoms with van der Waals surface area (Å²) in [5, 5.41) is 8.37. The van der Waals surface area contributed by atoms with Crippen molar-refractivity contribution >= 4 is 38.9 Å². The van der Waals surface area contributed by atoms with Crippen LogP contribution in [0.5, 0.6) is 16.7 Å². The lowest BCUT2D eigenvalue weighted by atomic mass is 10.1. The molecule has 6 rings (SSSR count). The van der Waals surface area contributed by atoms with Gasteiger partial charge in [-0.2, -0.15) is 0 Å². The highest BCUT2D eigenvalue weighted by atomic mass is 32.1. The minimum absolute atomic E-state index is 0.219. The summed E-state index contributed by atoms with van der Waals surface area (Å²) in [6, 6.07) is 18.2. The Morgan fingerprint density at radius 1 is 1.08 bits per heavy atom. The smallest absolute Gasteiger partial charge is 0.294 e. The second kappa shape index (κ2) is 10.1. The molecule has 0 aliphatic rings. The van der Waals surface area contributed by atoms with E-state index in [9.17, 15) is 9.18 Å². The van der Waals surface area contributed by atoms with Crippen molar-refractivity contribution in [3.8, 4) is 28.1 Å². The Labute approximate surface area is 225 Å². The van der Waals surface area contributed by atoms with Crippen LogP contribution in [-0.4, -0.2) is 34.7 Å². The van der Waals surface area contributed by atoms with E-state index in [1.165, 1.54) is 29.5 Å². The summed E-state index contributed by atoms with van der Waals surface area (Å²) >= 11 is 1.33. The first-order valence-corrected chi connectivity index (χ1v) is 12.6. The molecule has 0 fully saturated rings. The van der Waals surface area contributed by atoms with E-state index in [2.05, 4.69) is 15.4 Å². The van der Waals surface area contributed by atoms with Crippen molar-refractivity contribution < 1.29 is 27.8 Å². The number of rotatable bonds is 8. The molecule has 196 valence electrons. The summed E-state index contributed by atoms with van der Waals surface area (Å²) in [5.74, 6) is 0.824. The number of furan rings is 1. The van der Waals surface area contributed by atoms with Crippen molar-refractivity contribution in [2.45, 2.75) is 6.61 Å². The maximum Gasteiger partial charge on any atom is 0.294 e. The average molecular weight is 545 g/mol. The Balaban J connectivity index is 1.23. The number of hydrogen-bond acceptors (Lipinski definition) is 8. The second-order valence-electron chi connectivity index (χ2n) is 8.53. The Morgan fingerprint density at radius 3 is 2.74 bits per heavy atom. The largest absolute Gasteiger partial charge is 0.496 e. The van der Waals surface area contributed by atoms with E-state index in [1.54, 1.807) is 55.3 Å². The molecule has 0 saturated carbocycles. The van der Waals surface area contributed by atoms with Gasteiger partial charge in [-0.05, 0) is 53.3 Å². The molecule has 0 bridgehead atoms. The minimum Gasteiger partial charge on any atom is -0.496 e. The van der Waals surface area contributed by atoms with Crippen molar-refractivity contribution in [3.05, 3.63) is 89.9 Å². The van der Waals surface area contributed by atoms with Crippen molar-refractivity contribution in [1.82, 2.24) is 14.6 Å². The summed E-state index contributed by atoms with van der Waals surface area (Å²) in [6.45, 7) is 0.219. The first kappa shape index (κ1) is 24.4. The third kappa shape index (κ3) is 4.99. The number of halogens is 1. The van der Waals surface area contributed by atoms with E-state index in [0.29, 0.717) is 44.4 Å². The molecule has 0 unspecified atom stereocenters. The monoisotopic (exact) mass is 544 g/mol. The van der Waals surface area contributed by atoms with Crippen LogP contribution in [0.15, 0.2) is 77.3 Å². The van der Waals surface area contributed by atoms with Gasteiger partial charge in [0.25, 0.3) is 11.1 Å². The van der Waals surface area contributed by atoms with Gasteiger partial charge in [0, 0.05) is 23.4 Å². The highest BCUT2D eigenvalue weighted by Crippen LogP contribution is 2.37. The number of anilines is 1. The molecule has 6 aromatic rings. The predicted molar refractivity (Wildman–Crippen MR) is 144 cm³/mol. The number of fused-ring (bicyclic) bond motifs is 2. The highest BCUT2D eigenvalue weighted by molar-refractivity contribution is 7.18. The van der Waals surface area contributed by atoms with E-state index < -0.39 is 11.7 Å². The zero-order valence-electron chi connectivity index (χ0n) is 20.8. The maximum absolute atomic E-state index is 13.5. The summed E-state index contributed by atoms with van der Waals surface area (Å²) in [5.41, 5.74) is 2.83. The zero-order chi connectivity index (χ0) is 26.9. The summed E-state index contributed by atoms with van der Waals surface area (Å²) < 4.78 is 38.0. The van der Waals surface area contributed by atoms with Gasteiger partial charge in [0.2, 0.25) is 4.96 Å². The van der Waals surface area contributed by atoms with Gasteiger partial charge >= 0.3 is 0 Å². The van der Waals surface area contributed by atoms with Crippen LogP contribution in [0.1, 0.15) is 15.9 Å². The molecule has 1 N–H and O–H groups in total. The molecule has 9 nitrogen and oxygen atoms in total. The standard InChI is InChI=1S/C28H21FN4O5S/c1-35-20-11-23(21-13-25(38-24(21)12-20)22-14-33-27(31-22)39-28(32-33)36-2)37-15-16-5-3-8-19(9-16)30-26(34)17-6-4-7-18(29)10-17/h3-14H,15H2,1-2H3,(H,30,34). The number of hydrogen-bond donors (Lipinski definition) is 1. The van der Waals surface area contributed by atoms with Crippen molar-refractivity contribution in [2.75, 3.05) is 19.5 Å². The van der Waals surface area contributed by atoms with Crippen LogP contribution in [-0.2, 0) is 6.61 Å². The molecule has 0 atom stereocenters. The van der Waals surface area contributed by atoms with Crippen LogP contribution in [0.25, 0.3) is 27.4 Å². The van der Waals surface area contributed by atoms with Gasteiger partial charge in [-0.3, -0.25) is 4.79 Å². The number of carbonyl (C=O) groups is 1. The van der Waals surface area contributed by atoms with E-state index in [-0.39, 0.29) is 12.2 Å². The minimum atomic E-state index is -0.471. The Morgan fingerprint density at radius 2 is 1.95 bits per heavy atom.